The number of thioether (sulfide) groups is 1. The lowest BCUT2D eigenvalue weighted by Gasteiger charge is -2.07. The van der Waals surface area contributed by atoms with Gasteiger partial charge in [0.25, 0.3) is 5.56 Å². The minimum absolute atomic E-state index is 0.0849. The zero-order chi connectivity index (χ0) is 16.4. The van der Waals surface area contributed by atoms with Crippen LogP contribution in [0.1, 0.15) is 23.7 Å². The largest absolute Gasteiger partial charge is 0.322 e. The Hall–Kier alpha value is -2.34. The topological polar surface area (TPSA) is 78.6 Å². The van der Waals surface area contributed by atoms with Gasteiger partial charge in [-0.25, -0.2) is 4.98 Å². The fraction of sp³-hybridized carbons (Fsp3) is 0.235. The number of pyridine rings is 1. The first kappa shape index (κ1) is 15.6. The molecule has 0 aliphatic rings. The molecule has 0 aliphatic carbocycles. The predicted molar refractivity (Wildman–Crippen MR) is 93.1 cm³/mol. The normalized spacial score (nSPS) is 11.0. The van der Waals surface area contributed by atoms with Crippen molar-refractivity contribution in [2.24, 2.45) is 0 Å². The number of hydrogen-bond acceptors (Lipinski definition) is 4. The second-order valence-corrected chi connectivity index (χ2v) is 6.25. The van der Waals surface area contributed by atoms with Gasteiger partial charge in [0, 0.05) is 34.0 Å². The number of nitrogens with one attached hydrogen (secondary N) is 2. The van der Waals surface area contributed by atoms with Crippen LogP contribution >= 0.6 is 11.8 Å². The van der Waals surface area contributed by atoms with E-state index in [4.69, 9.17) is 0 Å². The number of rotatable bonds is 4. The van der Waals surface area contributed by atoms with E-state index in [1.165, 1.54) is 11.8 Å². The van der Waals surface area contributed by atoms with Gasteiger partial charge in [0.15, 0.2) is 5.16 Å². The van der Waals surface area contributed by atoms with E-state index >= 15 is 0 Å². The van der Waals surface area contributed by atoms with Crippen LogP contribution in [0, 0.1) is 6.92 Å². The SMILES string of the molecule is CCc1c(C)nc(SCc2cc(=O)[nH]c3ccccc23)[nH]c1=O. The Kier molecular flexibility index (Phi) is 4.34. The summed E-state index contributed by atoms with van der Waals surface area (Å²) in [5.41, 5.74) is 3.01. The lowest BCUT2D eigenvalue weighted by atomic mass is 10.1. The van der Waals surface area contributed by atoms with Crippen LogP contribution in [-0.2, 0) is 12.2 Å². The third-order valence-corrected chi connectivity index (χ3v) is 4.68. The van der Waals surface area contributed by atoms with Crippen molar-refractivity contribution in [2.45, 2.75) is 31.2 Å². The summed E-state index contributed by atoms with van der Waals surface area (Å²) in [7, 11) is 0. The van der Waals surface area contributed by atoms with Crippen molar-refractivity contribution in [3.63, 3.8) is 0 Å². The maximum Gasteiger partial charge on any atom is 0.254 e. The van der Waals surface area contributed by atoms with Crippen LogP contribution in [0.3, 0.4) is 0 Å². The molecule has 0 amide bonds. The average molecular weight is 327 g/mol. The highest BCUT2D eigenvalue weighted by atomic mass is 32.2. The maximum absolute atomic E-state index is 12.0. The van der Waals surface area contributed by atoms with Crippen LogP contribution in [0.15, 0.2) is 45.1 Å². The highest BCUT2D eigenvalue weighted by molar-refractivity contribution is 7.98. The lowest BCUT2D eigenvalue weighted by Crippen LogP contribution is -2.16. The molecule has 0 spiro atoms. The fourth-order valence-electron chi connectivity index (χ4n) is 2.61. The molecule has 23 heavy (non-hydrogen) atoms. The summed E-state index contributed by atoms with van der Waals surface area (Å²) in [6.45, 7) is 3.79. The molecule has 5 nitrogen and oxygen atoms in total. The minimum atomic E-state index is -0.127. The number of hydrogen-bond donors (Lipinski definition) is 2. The molecule has 3 rings (SSSR count). The average Bonchev–Trinajstić information content (AvgIpc) is 2.52. The number of nitrogens with zero attached hydrogens (tertiary/aromatic N) is 1. The van der Waals surface area contributed by atoms with Crippen molar-refractivity contribution in [2.75, 3.05) is 0 Å². The molecule has 3 aromatic rings. The first-order chi connectivity index (χ1) is 11.1. The molecule has 0 atom stereocenters. The number of aryl methyl sites for hydroxylation is 1. The Bertz CT molecular complexity index is 975. The van der Waals surface area contributed by atoms with E-state index in [-0.39, 0.29) is 11.1 Å². The number of aromatic nitrogens is 3. The number of benzene rings is 1. The summed E-state index contributed by atoms with van der Waals surface area (Å²) in [6.07, 6.45) is 0.664. The predicted octanol–water partition coefficient (Wildman–Crippen LogP) is 2.77. The molecule has 0 saturated carbocycles. The Balaban J connectivity index is 1.92. The van der Waals surface area contributed by atoms with Crippen LogP contribution < -0.4 is 11.1 Å². The molecule has 0 radical (unpaired) electrons. The molecular formula is C17H17N3O2S. The molecule has 6 heteroatoms. The van der Waals surface area contributed by atoms with E-state index in [0.29, 0.717) is 17.3 Å². The van der Waals surface area contributed by atoms with Gasteiger partial charge in [0.2, 0.25) is 5.56 Å². The highest BCUT2D eigenvalue weighted by Gasteiger charge is 2.08. The van der Waals surface area contributed by atoms with Gasteiger partial charge in [-0.3, -0.25) is 9.59 Å². The van der Waals surface area contributed by atoms with E-state index in [2.05, 4.69) is 15.0 Å². The molecule has 118 valence electrons. The summed E-state index contributed by atoms with van der Waals surface area (Å²) in [5, 5.41) is 1.58. The second-order valence-electron chi connectivity index (χ2n) is 5.28. The van der Waals surface area contributed by atoms with E-state index < -0.39 is 0 Å². The first-order valence-corrected chi connectivity index (χ1v) is 8.40. The van der Waals surface area contributed by atoms with Crippen molar-refractivity contribution in [3.8, 4) is 0 Å². The van der Waals surface area contributed by atoms with Crippen molar-refractivity contribution < 1.29 is 0 Å². The number of H-pyrrole nitrogens is 2. The summed E-state index contributed by atoms with van der Waals surface area (Å²) in [4.78, 5) is 33.9. The smallest absolute Gasteiger partial charge is 0.254 e. The summed E-state index contributed by atoms with van der Waals surface area (Å²) in [5.74, 6) is 0.568. The molecule has 0 saturated heterocycles. The number of fused-ring (bicyclic) bond motifs is 1. The van der Waals surface area contributed by atoms with Crippen LogP contribution in [0.4, 0.5) is 0 Å². The molecule has 1 aromatic carbocycles. The van der Waals surface area contributed by atoms with Crippen LogP contribution in [0.5, 0.6) is 0 Å². The molecule has 0 bridgehead atoms. The number of para-hydroxylation sites is 1. The summed E-state index contributed by atoms with van der Waals surface area (Å²) >= 11 is 1.43. The van der Waals surface area contributed by atoms with Crippen LogP contribution in [0.2, 0.25) is 0 Å². The van der Waals surface area contributed by atoms with Gasteiger partial charge in [-0.15, -0.1) is 0 Å². The van der Waals surface area contributed by atoms with Gasteiger partial charge in [-0.2, -0.15) is 0 Å². The lowest BCUT2D eigenvalue weighted by molar-refractivity contribution is 0.858. The fourth-order valence-corrected chi connectivity index (χ4v) is 3.51. The Morgan fingerprint density at radius 2 is 1.96 bits per heavy atom. The van der Waals surface area contributed by atoms with E-state index in [1.807, 2.05) is 38.1 Å². The van der Waals surface area contributed by atoms with Gasteiger partial charge in [0.05, 0.1) is 0 Å². The van der Waals surface area contributed by atoms with E-state index in [1.54, 1.807) is 6.07 Å². The quantitative estimate of drug-likeness (QED) is 0.570. The van der Waals surface area contributed by atoms with Crippen molar-refractivity contribution in [3.05, 3.63) is 67.9 Å². The Morgan fingerprint density at radius 3 is 2.70 bits per heavy atom. The second kappa shape index (κ2) is 6.42. The van der Waals surface area contributed by atoms with Crippen LogP contribution in [-0.4, -0.2) is 15.0 Å². The molecule has 0 unspecified atom stereocenters. The van der Waals surface area contributed by atoms with Crippen molar-refractivity contribution in [1.29, 1.82) is 0 Å². The molecular weight excluding hydrogens is 310 g/mol. The third kappa shape index (κ3) is 3.22. The molecule has 2 heterocycles. The zero-order valence-electron chi connectivity index (χ0n) is 13.0. The molecule has 2 aromatic heterocycles. The van der Waals surface area contributed by atoms with Gasteiger partial charge in [-0.05, 0) is 25.0 Å². The summed E-state index contributed by atoms with van der Waals surface area (Å²) < 4.78 is 0. The van der Waals surface area contributed by atoms with Gasteiger partial charge < -0.3 is 9.97 Å². The number of aromatic amines is 2. The van der Waals surface area contributed by atoms with Crippen LogP contribution in [0.25, 0.3) is 10.9 Å². The van der Waals surface area contributed by atoms with E-state index in [9.17, 15) is 9.59 Å². The van der Waals surface area contributed by atoms with Gasteiger partial charge >= 0.3 is 0 Å². The Labute approximate surface area is 137 Å². The third-order valence-electron chi connectivity index (χ3n) is 3.75. The van der Waals surface area contributed by atoms with Gasteiger partial charge in [0.1, 0.15) is 0 Å². The molecule has 0 fully saturated rings. The van der Waals surface area contributed by atoms with Crippen molar-refractivity contribution >= 4 is 22.7 Å². The van der Waals surface area contributed by atoms with E-state index in [0.717, 1.165) is 27.7 Å². The Morgan fingerprint density at radius 1 is 1.17 bits per heavy atom. The summed E-state index contributed by atoms with van der Waals surface area (Å²) in [6, 6.07) is 9.28. The zero-order valence-corrected chi connectivity index (χ0v) is 13.8. The molecule has 2 N–H and O–H groups in total. The molecule has 0 aliphatic heterocycles. The highest BCUT2D eigenvalue weighted by Crippen LogP contribution is 2.23. The maximum atomic E-state index is 12.0. The van der Waals surface area contributed by atoms with Gasteiger partial charge in [-0.1, -0.05) is 36.9 Å². The minimum Gasteiger partial charge on any atom is -0.322 e. The monoisotopic (exact) mass is 327 g/mol. The van der Waals surface area contributed by atoms with Crippen molar-refractivity contribution in [1.82, 2.24) is 15.0 Å². The first-order valence-electron chi connectivity index (χ1n) is 7.42. The standard InChI is InChI=1S/C17H17N3O2S/c1-3-12-10(2)18-17(20-16(12)22)23-9-11-8-15(21)19-14-7-5-4-6-13(11)14/h4-8H,3,9H2,1-2H3,(H,19,21)(H,18,20,22).